The van der Waals surface area contributed by atoms with E-state index in [-0.39, 0.29) is 31.0 Å². The minimum absolute atomic E-state index is 0.00427. The van der Waals surface area contributed by atoms with E-state index in [1.54, 1.807) is 35.2 Å². The van der Waals surface area contributed by atoms with Crippen LogP contribution < -0.4 is 27.2 Å². The number of Topliss-reactive ketones (excluding diaryl/α,β-unsaturated/α-hetero) is 1. The standard InChI is InChI=1S/C29H30N6O9/c1-2-11-35(14-15-3-9-21-18(12-15)26(40)34-29(31)33-21)17-6-4-16(5-7-17)25(39)32-22(28(43)44)13-19(27(41)42)24(38)20(30)8-10-23(36)37/h1,3-7,9,12,19-20,22H,8,10-11,13-14,30H2,(H,32,39)(H,36,37)(H,41,42)(H,43,44)(H3,31,33,34,40)/t19?,20-,22-/m1/s1. The van der Waals surface area contributed by atoms with Crippen molar-refractivity contribution in [1.29, 1.82) is 0 Å². The van der Waals surface area contributed by atoms with Gasteiger partial charge in [-0.05, 0) is 54.8 Å². The fourth-order valence-corrected chi connectivity index (χ4v) is 4.41. The first-order valence-electron chi connectivity index (χ1n) is 13.1. The number of ketones is 1. The summed E-state index contributed by atoms with van der Waals surface area (Å²) >= 11 is 0. The Morgan fingerprint density at radius 3 is 2.32 bits per heavy atom. The van der Waals surface area contributed by atoms with Crippen LogP contribution >= 0.6 is 0 Å². The Labute approximate surface area is 249 Å². The van der Waals surface area contributed by atoms with E-state index in [4.69, 9.17) is 23.0 Å². The predicted molar refractivity (Wildman–Crippen MR) is 158 cm³/mol. The fraction of sp³-hybridized carbons (Fsp3) is 0.276. The lowest BCUT2D eigenvalue weighted by atomic mass is 9.90. The van der Waals surface area contributed by atoms with E-state index in [2.05, 4.69) is 21.2 Å². The highest BCUT2D eigenvalue weighted by molar-refractivity contribution is 6.02. The first-order valence-corrected chi connectivity index (χ1v) is 13.1. The summed E-state index contributed by atoms with van der Waals surface area (Å²) in [5.74, 6) is -5.72. The van der Waals surface area contributed by atoms with Crippen molar-refractivity contribution in [3.05, 3.63) is 63.9 Å². The van der Waals surface area contributed by atoms with Crippen LogP contribution in [0.2, 0.25) is 0 Å². The number of carbonyl (C=O) groups excluding carboxylic acids is 2. The number of aliphatic carboxylic acids is 3. The zero-order chi connectivity index (χ0) is 32.6. The lowest BCUT2D eigenvalue weighted by Gasteiger charge is -2.23. The summed E-state index contributed by atoms with van der Waals surface area (Å²) < 4.78 is 0. The number of anilines is 2. The van der Waals surface area contributed by atoms with Crippen molar-refractivity contribution < 1.29 is 39.3 Å². The average molecular weight is 607 g/mol. The zero-order valence-corrected chi connectivity index (χ0v) is 23.2. The number of nitrogens with one attached hydrogen (secondary N) is 2. The molecule has 0 aliphatic carbocycles. The van der Waals surface area contributed by atoms with Crippen molar-refractivity contribution in [3.63, 3.8) is 0 Å². The highest BCUT2D eigenvalue weighted by Crippen LogP contribution is 2.20. The van der Waals surface area contributed by atoms with Crippen molar-refractivity contribution in [2.24, 2.45) is 11.7 Å². The highest BCUT2D eigenvalue weighted by Gasteiger charge is 2.36. The molecular formula is C29H30N6O9. The van der Waals surface area contributed by atoms with Gasteiger partial charge in [0.2, 0.25) is 5.95 Å². The zero-order valence-electron chi connectivity index (χ0n) is 23.2. The number of carbonyl (C=O) groups is 5. The van der Waals surface area contributed by atoms with E-state index < -0.39 is 66.0 Å². The number of aromatic nitrogens is 2. The third-order valence-electron chi connectivity index (χ3n) is 6.69. The van der Waals surface area contributed by atoms with Gasteiger partial charge in [-0.15, -0.1) is 6.42 Å². The number of hydrogen-bond acceptors (Lipinski definition) is 10. The summed E-state index contributed by atoms with van der Waals surface area (Å²) in [4.78, 5) is 80.4. The Hall–Kier alpha value is -5.75. The van der Waals surface area contributed by atoms with Crippen LogP contribution in [0.25, 0.3) is 10.9 Å². The maximum Gasteiger partial charge on any atom is 0.326 e. The van der Waals surface area contributed by atoms with E-state index in [1.807, 2.05) is 0 Å². The first kappa shape index (κ1) is 32.8. The second-order valence-electron chi connectivity index (χ2n) is 9.84. The molecule has 3 atom stereocenters. The number of H-pyrrole nitrogens is 1. The molecular weight excluding hydrogens is 576 g/mol. The number of terminal acetylenes is 1. The van der Waals surface area contributed by atoms with E-state index in [0.29, 0.717) is 16.6 Å². The molecule has 230 valence electrons. The molecule has 44 heavy (non-hydrogen) atoms. The van der Waals surface area contributed by atoms with Gasteiger partial charge in [0.05, 0.1) is 23.5 Å². The van der Waals surface area contributed by atoms with Crippen LogP contribution in [-0.2, 0) is 25.7 Å². The number of carboxylic acid groups (broad SMARTS) is 3. The molecule has 0 saturated heterocycles. The normalized spacial score (nSPS) is 12.8. The Bertz CT molecular complexity index is 1680. The maximum absolute atomic E-state index is 12.9. The molecule has 1 unspecified atom stereocenters. The molecule has 0 radical (unpaired) electrons. The van der Waals surface area contributed by atoms with Gasteiger partial charge in [-0.3, -0.25) is 29.0 Å². The second kappa shape index (κ2) is 14.4. The van der Waals surface area contributed by atoms with Gasteiger partial charge in [-0.1, -0.05) is 12.0 Å². The number of rotatable bonds is 15. The molecule has 15 nitrogen and oxygen atoms in total. The van der Waals surface area contributed by atoms with Gasteiger partial charge in [0.1, 0.15) is 12.0 Å². The molecule has 15 heteroatoms. The fourth-order valence-electron chi connectivity index (χ4n) is 4.41. The van der Waals surface area contributed by atoms with Crippen LogP contribution in [0, 0.1) is 18.3 Å². The lowest BCUT2D eigenvalue weighted by Crippen LogP contribution is -2.47. The number of amides is 1. The minimum atomic E-state index is -1.89. The number of benzene rings is 2. The van der Waals surface area contributed by atoms with E-state index in [0.717, 1.165) is 5.56 Å². The number of nitrogens with zero attached hydrogens (tertiary/aromatic N) is 2. The minimum Gasteiger partial charge on any atom is -0.481 e. The molecule has 0 aliphatic rings. The first-order chi connectivity index (χ1) is 20.8. The lowest BCUT2D eigenvalue weighted by molar-refractivity contribution is -0.148. The van der Waals surface area contributed by atoms with E-state index >= 15 is 0 Å². The molecule has 0 bridgehead atoms. The Kier molecular flexibility index (Phi) is 10.7. The monoisotopic (exact) mass is 606 g/mol. The third kappa shape index (κ3) is 8.39. The molecule has 3 rings (SSSR count). The summed E-state index contributed by atoms with van der Waals surface area (Å²) in [5, 5.41) is 30.5. The Morgan fingerprint density at radius 1 is 1.05 bits per heavy atom. The predicted octanol–water partition coefficient (Wildman–Crippen LogP) is 0.180. The molecule has 0 aliphatic heterocycles. The van der Waals surface area contributed by atoms with E-state index in [1.165, 1.54) is 12.1 Å². The van der Waals surface area contributed by atoms with Gasteiger partial charge in [0.15, 0.2) is 5.78 Å². The summed E-state index contributed by atoms with van der Waals surface area (Å²) in [6.07, 6.45) is 3.93. The van der Waals surface area contributed by atoms with Gasteiger partial charge in [-0.2, -0.15) is 0 Å². The Morgan fingerprint density at radius 2 is 1.73 bits per heavy atom. The number of carboxylic acids is 3. The van der Waals surface area contributed by atoms with Crippen LogP contribution in [0.4, 0.5) is 11.6 Å². The molecule has 1 heterocycles. The summed E-state index contributed by atoms with van der Waals surface area (Å²) in [6, 6.07) is 7.83. The number of nitrogens with two attached hydrogens (primary N) is 2. The van der Waals surface area contributed by atoms with Crippen molar-refractivity contribution in [2.75, 3.05) is 17.2 Å². The van der Waals surface area contributed by atoms with Crippen LogP contribution in [0.1, 0.15) is 35.2 Å². The number of hydrogen-bond donors (Lipinski definition) is 7. The van der Waals surface area contributed by atoms with Crippen molar-refractivity contribution in [2.45, 2.75) is 37.9 Å². The third-order valence-corrected chi connectivity index (χ3v) is 6.69. The molecule has 0 spiro atoms. The number of aromatic amines is 1. The van der Waals surface area contributed by atoms with Gasteiger partial charge in [0.25, 0.3) is 11.5 Å². The maximum atomic E-state index is 12.9. The van der Waals surface area contributed by atoms with Crippen molar-refractivity contribution >= 4 is 52.1 Å². The molecule has 9 N–H and O–H groups in total. The van der Waals surface area contributed by atoms with Gasteiger partial charge in [0, 0.05) is 24.2 Å². The number of fused-ring (bicyclic) bond motifs is 1. The largest absolute Gasteiger partial charge is 0.481 e. The average Bonchev–Trinajstić information content (AvgIpc) is 2.97. The van der Waals surface area contributed by atoms with Crippen LogP contribution in [-0.4, -0.2) is 73.5 Å². The van der Waals surface area contributed by atoms with Crippen molar-refractivity contribution in [3.8, 4) is 12.3 Å². The van der Waals surface area contributed by atoms with Gasteiger partial charge in [-0.25, -0.2) is 9.78 Å². The number of nitrogen functional groups attached to an aromatic ring is 1. The highest BCUT2D eigenvalue weighted by atomic mass is 16.4. The van der Waals surface area contributed by atoms with Crippen LogP contribution in [0.5, 0.6) is 0 Å². The summed E-state index contributed by atoms with van der Waals surface area (Å²) in [7, 11) is 0. The quantitative estimate of drug-likeness (QED) is 0.0900. The SMILES string of the molecule is C#CCN(Cc1ccc2nc(N)[nH]c(=O)c2c1)c1ccc(C(=O)N[C@H](CC(C(=O)O)C(=O)[C@H](N)CCC(=O)O)C(=O)O)cc1. The summed E-state index contributed by atoms with van der Waals surface area (Å²) in [5.41, 5.74) is 12.6. The molecule has 0 fully saturated rings. The smallest absolute Gasteiger partial charge is 0.326 e. The molecule has 1 aromatic heterocycles. The Balaban J connectivity index is 1.74. The van der Waals surface area contributed by atoms with Crippen LogP contribution in [0.3, 0.4) is 0 Å². The molecule has 3 aromatic rings. The van der Waals surface area contributed by atoms with Crippen LogP contribution in [0.15, 0.2) is 47.3 Å². The molecule has 0 saturated carbocycles. The van der Waals surface area contributed by atoms with E-state index in [9.17, 15) is 39.0 Å². The molecule has 1 amide bonds. The van der Waals surface area contributed by atoms with Gasteiger partial charge >= 0.3 is 17.9 Å². The van der Waals surface area contributed by atoms with Crippen molar-refractivity contribution in [1.82, 2.24) is 15.3 Å². The summed E-state index contributed by atoms with van der Waals surface area (Å²) in [6.45, 7) is 0.454. The molecule has 2 aromatic carbocycles. The topological polar surface area (TPSA) is 259 Å². The second-order valence-corrected chi connectivity index (χ2v) is 9.84. The van der Waals surface area contributed by atoms with Gasteiger partial charge < -0.3 is 37.0 Å².